The molecule has 4 aliphatic rings. The van der Waals surface area contributed by atoms with Gasteiger partial charge in [0.15, 0.2) is 0 Å². The SMILES string of the molecule is Cc1cc(C2CC2)cc([C@H]2C[C@@H](N(C)C(=O)[C@H]3C[C@]4(COC(O)N4)C3)C2)c1. The molecule has 1 heterocycles. The molecule has 27 heavy (non-hydrogen) atoms. The van der Waals surface area contributed by atoms with Crippen molar-refractivity contribution < 1.29 is 14.6 Å². The number of aliphatic hydroxyl groups is 1. The third kappa shape index (κ3) is 3.20. The highest BCUT2D eigenvalue weighted by molar-refractivity contribution is 5.80. The fourth-order valence-corrected chi connectivity index (χ4v) is 5.25. The smallest absolute Gasteiger partial charge is 0.225 e. The van der Waals surface area contributed by atoms with Gasteiger partial charge in [-0.1, -0.05) is 23.8 Å². The van der Waals surface area contributed by atoms with Crippen LogP contribution in [0.25, 0.3) is 0 Å². The van der Waals surface area contributed by atoms with E-state index >= 15 is 0 Å². The fraction of sp³-hybridized carbons (Fsp3) is 0.682. The van der Waals surface area contributed by atoms with Gasteiger partial charge in [-0.05, 0) is 68.4 Å². The van der Waals surface area contributed by atoms with E-state index in [2.05, 4.69) is 30.4 Å². The van der Waals surface area contributed by atoms with Gasteiger partial charge in [-0.2, -0.15) is 0 Å². The molecular weight excluding hydrogens is 340 g/mol. The lowest BCUT2D eigenvalue weighted by molar-refractivity contribution is -0.143. The van der Waals surface area contributed by atoms with E-state index in [1.165, 1.54) is 29.5 Å². The zero-order chi connectivity index (χ0) is 18.8. The second kappa shape index (κ2) is 6.29. The van der Waals surface area contributed by atoms with Crippen molar-refractivity contribution in [1.82, 2.24) is 10.2 Å². The maximum absolute atomic E-state index is 12.8. The Balaban J connectivity index is 1.16. The Labute approximate surface area is 161 Å². The molecule has 1 aliphatic heterocycles. The highest BCUT2D eigenvalue weighted by Gasteiger charge is 2.53. The van der Waals surface area contributed by atoms with Gasteiger partial charge in [-0.15, -0.1) is 0 Å². The molecule has 1 unspecified atom stereocenters. The van der Waals surface area contributed by atoms with E-state index in [1.807, 2.05) is 11.9 Å². The van der Waals surface area contributed by atoms with Crippen molar-refractivity contribution in [3.63, 3.8) is 0 Å². The van der Waals surface area contributed by atoms with Crippen LogP contribution in [-0.4, -0.2) is 47.6 Å². The molecule has 0 bridgehead atoms. The molecule has 0 aromatic heterocycles. The number of aryl methyl sites for hydroxylation is 1. The van der Waals surface area contributed by atoms with Gasteiger partial charge in [0.05, 0.1) is 6.61 Å². The maximum Gasteiger partial charge on any atom is 0.225 e. The normalized spacial score (nSPS) is 37.7. The molecule has 5 rings (SSSR count). The van der Waals surface area contributed by atoms with E-state index in [9.17, 15) is 9.90 Å². The Bertz CT molecular complexity index is 748. The molecule has 1 aromatic rings. The minimum absolute atomic E-state index is 0.0656. The van der Waals surface area contributed by atoms with E-state index < -0.39 is 6.41 Å². The lowest BCUT2D eigenvalue weighted by Crippen LogP contribution is -2.59. The second-order valence-corrected chi connectivity index (χ2v) is 9.42. The molecule has 4 fully saturated rings. The molecule has 1 spiro atoms. The van der Waals surface area contributed by atoms with Gasteiger partial charge in [0, 0.05) is 24.5 Å². The number of rotatable bonds is 4. The zero-order valence-corrected chi connectivity index (χ0v) is 16.3. The zero-order valence-electron chi connectivity index (χ0n) is 16.3. The summed E-state index contributed by atoms with van der Waals surface area (Å²) >= 11 is 0. The van der Waals surface area contributed by atoms with Crippen LogP contribution < -0.4 is 5.32 Å². The highest BCUT2D eigenvalue weighted by Crippen LogP contribution is 2.46. The summed E-state index contributed by atoms with van der Waals surface area (Å²) in [5.74, 6) is 1.71. The summed E-state index contributed by atoms with van der Waals surface area (Å²) in [5.41, 5.74) is 4.18. The molecule has 3 aliphatic carbocycles. The Hall–Kier alpha value is -1.43. The highest BCUT2D eigenvalue weighted by atomic mass is 16.6. The number of hydrogen-bond donors (Lipinski definition) is 2. The molecule has 1 amide bonds. The van der Waals surface area contributed by atoms with Crippen molar-refractivity contribution in [3.8, 4) is 0 Å². The Kier molecular flexibility index (Phi) is 4.12. The standard InChI is InChI=1S/C22H30N2O3/c1-13-5-15(14-3-4-14)7-16(6-13)17-8-19(9-17)24(2)20(25)18-10-22(11-18)12-27-21(26)23-22/h5-7,14,17-19,21,23,26H,3-4,8-12H2,1-2H3/t17-,18-,19+,21?,22+. The van der Waals surface area contributed by atoms with E-state index in [1.54, 1.807) is 0 Å². The molecule has 3 saturated carbocycles. The average Bonchev–Trinajstić information content (AvgIpc) is 3.33. The van der Waals surface area contributed by atoms with E-state index in [4.69, 9.17) is 4.74 Å². The van der Waals surface area contributed by atoms with Crippen LogP contribution in [0.1, 0.15) is 67.1 Å². The quantitative estimate of drug-likeness (QED) is 0.855. The maximum atomic E-state index is 12.8. The summed E-state index contributed by atoms with van der Waals surface area (Å²) < 4.78 is 5.20. The molecular formula is C22H30N2O3. The van der Waals surface area contributed by atoms with Crippen LogP contribution in [0.15, 0.2) is 18.2 Å². The van der Waals surface area contributed by atoms with Crippen LogP contribution >= 0.6 is 0 Å². The largest absolute Gasteiger partial charge is 0.356 e. The molecule has 2 N–H and O–H groups in total. The first kappa shape index (κ1) is 17.7. The van der Waals surface area contributed by atoms with Crippen LogP contribution in [0, 0.1) is 12.8 Å². The van der Waals surface area contributed by atoms with E-state index in [0.717, 1.165) is 31.6 Å². The molecule has 5 nitrogen and oxygen atoms in total. The van der Waals surface area contributed by atoms with Gasteiger partial charge < -0.3 is 14.7 Å². The Morgan fingerprint density at radius 1 is 1.19 bits per heavy atom. The van der Waals surface area contributed by atoms with Gasteiger partial charge in [-0.25, -0.2) is 0 Å². The first-order chi connectivity index (χ1) is 12.9. The molecule has 146 valence electrons. The molecule has 1 aromatic carbocycles. The van der Waals surface area contributed by atoms with Gasteiger partial charge >= 0.3 is 0 Å². The third-order valence-corrected chi connectivity index (χ3v) is 7.22. The second-order valence-electron chi connectivity index (χ2n) is 9.42. The molecule has 5 heteroatoms. The number of carbonyl (C=O) groups is 1. The number of amides is 1. The summed E-state index contributed by atoms with van der Waals surface area (Å²) in [5, 5.41) is 12.5. The monoisotopic (exact) mass is 370 g/mol. The summed E-state index contributed by atoms with van der Waals surface area (Å²) in [7, 11) is 1.97. The summed E-state index contributed by atoms with van der Waals surface area (Å²) in [6, 6.07) is 7.46. The first-order valence-electron chi connectivity index (χ1n) is 10.4. The number of carbonyl (C=O) groups excluding carboxylic acids is 1. The van der Waals surface area contributed by atoms with Crippen LogP contribution in [0.4, 0.5) is 0 Å². The lowest BCUT2D eigenvalue weighted by Gasteiger charge is -2.48. The van der Waals surface area contributed by atoms with Crippen LogP contribution in [0.5, 0.6) is 0 Å². The van der Waals surface area contributed by atoms with Crippen molar-refractivity contribution in [1.29, 1.82) is 0 Å². The van der Waals surface area contributed by atoms with Gasteiger partial charge in [0.25, 0.3) is 0 Å². The van der Waals surface area contributed by atoms with Gasteiger partial charge in [-0.3, -0.25) is 10.1 Å². The van der Waals surface area contributed by atoms with Crippen molar-refractivity contribution in [2.75, 3.05) is 13.7 Å². The predicted octanol–water partition coefficient (Wildman–Crippen LogP) is 2.62. The lowest BCUT2D eigenvalue weighted by atomic mass is 9.67. The predicted molar refractivity (Wildman–Crippen MR) is 102 cm³/mol. The Morgan fingerprint density at radius 3 is 2.44 bits per heavy atom. The third-order valence-electron chi connectivity index (χ3n) is 7.22. The number of nitrogens with one attached hydrogen (secondary N) is 1. The van der Waals surface area contributed by atoms with Crippen LogP contribution in [-0.2, 0) is 9.53 Å². The Morgan fingerprint density at radius 2 is 1.85 bits per heavy atom. The number of aliphatic hydroxyl groups excluding tert-OH is 1. The van der Waals surface area contributed by atoms with Crippen molar-refractivity contribution >= 4 is 5.91 Å². The van der Waals surface area contributed by atoms with Gasteiger partial charge in [0.1, 0.15) is 0 Å². The summed E-state index contributed by atoms with van der Waals surface area (Å²) in [6.07, 6.45) is 5.50. The minimum Gasteiger partial charge on any atom is -0.356 e. The number of benzene rings is 1. The van der Waals surface area contributed by atoms with Crippen molar-refractivity contribution in [2.24, 2.45) is 5.92 Å². The van der Waals surface area contributed by atoms with Crippen LogP contribution in [0.3, 0.4) is 0 Å². The topological polar surface area (TPSA) is 61.8 Å². The fourth-order valence-electron chi connectivity index (χ4n) is 5.25. The average molecular weight is 370 g/mol. The number of nitrogens with zero attached hydrogens (tertiary/aromatic N) is 1. The van der Waals surface area contributed by atoms with E-state index in [-0.39, 0.29) is 17.4 Å². The summed E-state index contributed by atoms with van der Waals surface area (Å²) in [4.78, 5) is 14.8. The minimum atomic E-state index is -0.874. The first-order valence-corrected chi connectivity index (χ1v) is 10.4. The number of hydrogen-bond acceptors (Lipinski definition) is 4. The van der Waals surface area contributed by atoms with Gasteiger partial charge in [0.2, 0.25) is 12.3 Å². The van der Waals surface area contributed by atoms with Crippen molar-refractivity contribution in [3.05, 3.63) is 34.9 Å². The van der Waals surface area contributed by atoms with Crippen molar-refractivity contribution in [2.45, 2.75) is 75.3 Å². The molecule has 1 saturated heterocycles. The van der Waals surface area contributed by atoms with E-state index in [0.29, 0.717) is 18.6 Å². The molecule has 0 radical (unpaired) electrons. The van der Waals surface area contributed by atoms with Crippen LogP contribution in [0.2, 0.25) is 0 Å². The number of ether oxygens (including phenoxy) is 1. The summed E-state index contributed by atoms with van der Waals surface area (Å²) in [6.45, 7) is 2.70. The molecule has 1 atom stereocenters.